The minimum absolute atomic E-state index is 0.153. The Bertz CT molecular complexity index is 1190. The number of rotatable bonds is 7. The fourth-order valence-corrected chi connectivity index (χ4v) is 4.05. The molecule has 7 nitrogen and oxygen atoms in total. The standard InChI is InChI=1S/C25H27ClN4O3/c1-15(2)11-12-30-16(3)21(22(27-25(30)31)17-7-6-10-20(14-17)32-4)24-28-23(29-33-24)18-8-5-9-19(26)13-18/h5-10,13-15,22H,11-12H2,1-4H3,(H,27,31). The Labute approximate surface area is 198 Å². The van der Waals surface area contributed by atoms with Gasteiger partial charge in [0.15, 0.2) is 0 Å². The third-order valence-electron chi connectivity index (χ3n) is 5.69. The number of hydrogen-bond donors (Lipinski definition) is 1. The molecule has 8 heteroatoms. The van der Waals surface area contributed by atoms with Gasteiger partial charge in [0.1, 0.15) is 5.75 Å². The highest BCUT2D eigenvalue weighted by molar-refractivity contribution is 6.30. The maximum absolute atomic E-state index is 13.1. The van der Waals surface area contributed by atoms with E-state index < -0.39 is 6.04 Å². The smallest absolute Gasteiger partial charge is 0.322 e. The van der Waals surface area contributed by atoms with Crippen molar-refractivity contribution >= 4 is 23.2 Å². The lowest BCUT2D eigenvalue weighted by molar-refractivity contribution is 0.202. The SMILES string of the molecule is COc1cccc(C2NC(=O)N(CCC(C)C)C(C)=C2c2nc(-c3cccc(Cl)c3)no2)c1. The lowest BCUT2D eigenvalue weighted by Crippen LogP contribution is -2.46. The van der Waals surface area contributed by atoms with Gasteiger partial charge in [0, 0.05) is 22.8 Å². The second kappa shape index (κ2) is 9.67. The summed E-state index contributed by atoms with van der Waals surface area (Å²) in [6, 6.07) is 14.3. The van der Waals surface area contributed by atoms with Gasteiger partial charge in [0.2, 0.25) is 5.82 Å². The van der Waals surface area contributed by atoms with Crippen molar-refractivity contribution in [2.45, 2.75) is 33.2 Å². The Hall–Kier alpha value is -3.32. The third kappa shape index (κ3) is 4.88. The molecule has 0 spiro atoms. The summed E-state index contributed by atoms with van der Waals surface area (Å²) >= 11 is 6.14. The normalized spacial score (nSPS) is 16.4. The maximum atomic E-state index is 13.1. The number of carbonyl (C=O) groups is 1. The predicted molar refractivity (Wildman–Crippen MR) is 128 cm³/mol. The van der Waals surface area contributed by atoms with Crippen LogP contribution in [0.4, 0.5) is 4.79 Å². The molecule has 1 aliphatic rings. The van der Waals surface area contributed by atoms with Crippen LogP contribution in [0.2, 0.25) is 5.02 Å². The summed E-state index contributed by atoms with van der Waals surface area (Å²) in [5, 5.41) is 7.89. The molecule has 1 unspecified atom stereocenters. The Morgan fingerprint density at radius 1 is 1.21 bits per heavy atom. The van der Waals surface area contributed by atoms with Gasteiger partial charge in [-0.1, -0.05) is 54.9 Å². The molecule has 1 N–H and O–H groups in total. The Balaban J connectivity index is 1.80. The lowest BCUT2D eigenvalue weighted by Gasteiger charge is -2.35. The zero-order valence-electron chi connectivity index (χ0n) is 19.1. The lowest BCUT2D eigenvalue weighted by atomic mass is 9.94. The number of carbonyl (C=O) groups excluding carboxylic acids is 1. The van der Waals surface area contributed by atoms with Crippen LogP contribution in [0.25, 0.3) is 17.0 Å². The quantitative estimate of drug-likeness (QED) is 0.466. The number of benzene rings is 2. The first-order valence-electron chi connectivity index (χ1n) is 10.9. The monoisotopic (exact) mass is 466 g/mol. The number of methoxy groups -OCH3 is 1. The molecule has 0 bridgehead atoms. The molecule has 1 aromatic heterocycles. The second-order valence-electron chi connectivity index (χ2n) is 8.43. The first kappa shape index (κ1) is 22.9. The van der Waals surface area contributed by atoms with E-state index in [4.69, 9.17) is 20.9 Å². The Morgan fingerprint density at radius 3 is 2.73 bits per heavy atom. The van der Waals surface area contributed by atoms with Gasteiger partial charge in [-0.2, -0.15) is 4.98 Å². The van der Waals surface area contributed by atoms with Crippen molar-refractivity contribution in [2.75, 3.05) is 13.7 Å². The van der Waals surface area contributed by atoms with Crippen LogP contribution in [0.3, 0.4) is 0 Å². The fraction of sp³-hybridized carbons (Fsp3) is 0.320. The molecular weight excluding hydrogens is 440 g/mol. The summed E-state index contributed by atoms with van der Waals surface area (Å²) in [4.78, 5) is 19.5. The molecule has 2 heterocycles. The maximum Gasteiger partial charge on any atom is 0.322 e. The van der Waals surface area contributed by atoms with Gasteiger partial charge in [0.25, 0.3) is 5.89 Å². The molecule has 1 aliphatic heterocycles. The summed E-state index contributed by atoms with van der Waals surface area (Å²) in [5.74, 6) is 1.95. The number of aromatic nitrogens is 2. The highest BCUT2D eigenvalue weighted by Crippen LogP contribution is 2.38. The molecule has 3 aromatic rings. The zero-order chi connectivity index (χ0) is 23.5. The average Bonchev–Trinajstić information content (AvgIpc) is 3.28. The largest absolute Gasteiger partial charge is 0.497 e. The van der Waals surface area contributed by atoms with Crippen molar-refractivity contribution in [3.05, 3.63) is 70.7 Å². The number of hydrogen-bond acceptors (Lipinski definition) is 5. The molecule has 1 atom stereocenters. The van der Waals surface area contributed by atoms with E-state index in [9.17, 15) is 4.79 Å². The topological polar surface area (TPSA) is 80.5 Å². The highest BCUT2D eigenvalue weighted by atomic mass is 35.5. The molecule has 2 amide bonds. The minimum atomic E-state index is -0.462. The molecule has 0 aliphatic carbocycles. The van der Waals surface area contributed by atoms with E-state index in [1.54, 1.807) is 24.1 Å². The van der Waals surface area contributed by atoms with Crippen LogP contribution < -0.4 is 10.1 Å². The van der Waals surface area contributed by atoms with Crippen molar-refractivity contribution < 1.29 is 14.1 Å². The first-order chi connectivity index (χ1) is 15.9. The number of allylic oxidation sites excluding steroid dienone is 1. The van der Waals surface area contributed by atoms with Crippen LogP contribution in [0.5, 0.6) is 5.75 Å². The van der Waals surface area contributed by atoms with Crippen molar-refractivity contribution in [3.8, 4) is 17.1 Å². The molecule has 0 fully saturated rings. The molecule has 172 valence electrons. The van der Waals surface area contributed by atoms with E-state index in [0.717, 1.165) is 28.8 Å². The summed E-state index contributed by atoms with van der Waals surface area (Å²) in [7, 11) is 1.61. The van der Waals surface area contributed by atoms with Crippen molar-refractivity contribution in [1.29, 1.82) is 0 Å². The summed E-state index contributed by atoms with van der Waals surface area (Å²) < 4.78 is 11.1. The van der Waals surface area contributed by atoms with Gasteiger partial charge in [-0.3, -0.25) is 4.90 Å². The van der Waals surface area contributed by atoms with Gasteiger partial charge < -0.3 is 14.6 Å². The van der Waals surface area contributed by atoms with Crippen LogP contribution in [-0.4, -0.2) is 34.7 Å². The fourth-order valence-electron chi connectivity index (χ4n) is 3.86. The highest BCUT2D eigenvalue weighted by Gasteiger charge is 2.35. The summed E-state index contributed by atoms with van der Waals surface area (Å²) in [6.07, 6.45) is 0.874. The van der Waals surface area contributed by atoms with E-state index in [0.29, 0.717) is 34.9 Å². The predicted octanol–water partition coefficient (Wildman–Crippen LogP) is 5.94. The summed E-state index contributed by atoms with van der Waals surface area (Å²) in [5.41, 5.74) is 3.16. The molecule has 0 saturated carbocycles. The number of ether oxygens (including phenoxy) is 1. The van der Waals surface area contributed by atoms with Crippen LogP contribution >= 0.6 is 11.6 Å². The zero-order valence-corrected chi connectivity index (χ0v) is 19.9. The van der Waals surface area contributed by atoms with Crippen LogP contribution in [0.1, 0.15) is 44.7 Å². The number of urea groups is 1. The van der Waals surface area contributed by atoms with Crippen molar-refractivity contribution in [1.82, 2.24) is 20.4 Å². The van der Waals surface area contributed by atoms with Gasteiger partial charge in [-0.25, -0.2) is 4.79 Å². The van der Waals surface area contributed by atoms with Gasteiger partial charge in [-0.05, 0) is 49.1 Å². The number of nitrogens with zero attached hydrogens (tertiary/aromatic N) is 3. The van der Waals surface area contributed by atoms with E-state index in [2.05, 4.69) is 29.3 Å². The molecule has 2 aromatic carbocycles. The third-order valence-corrected chi connectivity index (χ3v) is 5.93. The van der Waals surface area contributed by atoms with E-state index in [1.807, 2.05) is 43.3 Å². The van der Waals surface area contributed by atoms with Crippen LogP contribution in [0.15, 0.2) is 58.8 Å². The van der Waals surface area contributed by atoms with Crippen LogP contribution in [0, 0.1) is 5.92 Å². The molecule has 4 rings (SSSR count). The molecule has 0 radical (unpaired) electrons. The van der Waals surface area contributed by atoms with Gasteiger partial charge in [0.05, 0.1) is 18.7 Å². The second-order valence-corrected chi connectivity index (χ2v) is 8.86. The Morgan fingerprint density at radius 2 is 2.00 bits per heavy atom. The number of halogens is 1. The van der Waals surface area contributed by atoms with E-state index >= 15 is 0 Å². The number of nitrogens with one attached hydrogen (secondary N) is 1. The average molecular weight is 467 g/mol. The summed E-state index contributed by atoms with van der Waals surface area (Å²) in [6.45, 7) is 6.79. The van der Waals surface area contributed by atoms with Crippen LogP contribution in [-0.2, 0) is 0 Å². The van der Waals surface area contributed by atoms with E-state index in [1.165, 1.54) is 0 Å². The van der Waals surface area contributed by atoms with Gasteiger partial charge in [-0.15, -0.1) is 0 Å². The molecular formula is C25H27ClN4O3. The van der Waals surface area contributed by atoms with Crippen molar-refractivity contribution in [2.24, 2.45) is 5.92 Å². The first-order valence-corrected chi connectivity index (χ1v) is 11.3. The molecule has 0 saturated heterocycles. The van der Waals surface area contributed by atoms with E-state index in [-0.39, 0.29) is 6.03 Å². The molecule has 33 heavy (non-hydrogen) atoms. The number of amides is 2. The van der Waals surface area contributed by atoms with Crippen molar-refractivity contribution in [3.63, 3.8) is 0 Å². The van der Waals surface area contributed by atoms with Gasteiger partial charge >= 0.3 is 6.03 Å². The minimum Gasteiger partial charge on any atom is -0.497 e. The Kier molecular flexibility index (Phi) is 6.70.